The normalized spacial score (nSPS) is 16.8. The first-order valence-corrected chi connectivity index (χ1v) is 12.5. The number of hydrogen-bond donors (Lipinski definition) is 3. The van der Waals surface area contributed by atoms with E-state index in [4.69, 9.17) is 0 Å². The highest BCUT2D eigenvalue weighted by molar-refractivity contribution is 6.11. The van der Waals surface area contributed by atoms with Gasteiger partial charge < -0.3 is 15.3 Å². The Hall–Kier alpha value is -3.82. The maximum Gasteiger partial charge on any atom is 0.276 e. The predicted octanol–water partition coefficient (Wildman–Crippen LogP) is 3.44. The monoisotopic (exact) mass is 483 g/mol. The Morgan fingerprint density at radius 3 is 2.64 bits per heavy atom. The van der Waals surface area contributed by atoms with Crippen LogP contribution in [0.2, 0.25) is 0 Å². The van der Waals surface area contributed by atoms with Crippen LogP contribution in [0.3, 0.4) is 0 Å². The van der Waals surface area contributed by atoms with Gasteiger partial charge in [-0.2, -0.15) is 5.10 Å². The molecule has 36 heavy (non-hydrogen) atoms. The predicted molar refractivity (Wildman–Crippen MR) is 139 cm³/mol. The molecule has 0 spiro atoms. The van der Waals surface area contributed by atoms with Gasteiger partial charge in [0.2, 0.25) is 0 Å². The van der Waals surface area contributed by atoms with Crippen molar-refractivity contribution in [3.63, 3.8) is 0 Å². The van der Waals surface area contributed by atoms with Crippen LogP contribution in [-0.4, -0.2) is 68.4 Å². The number of amides is 1. The Morgan fingerprint density at radius 1 is 1.03 bits per heavy atom. The van der Waals surface area contributed by atoms with E-state index in [1.54, 1.807) is 6.20 Å². The molecular weight excluding hydrogens is 454 g/mol. The summed E-state index contributed by atoms with van der Waals surface area (Å²) in [6.45, 7) is 4.75. The van der Waals surface area contributed by atoms with E-state index in [0.29, 0.717) is 11.4 Å². The van der Waals surface area contributed by atoms with Gasteiger partial charge in [0.15, 0.2) is 5.69 Å². The summed E-state index contributed by atoms with van der Waals surface area (Å²) in [6, 6.07) is 11.9. The molecule has 9 nitrogen and oxygen atoms in total. The lowest BCUT2D eigenvalue weighted by Gasteiger charge is -2.30. The molecule has 2 saturated heterocycles. The molecule has 0 bridgehead atoms. The number of rotatable bonds is 6. The summed E-state index contributed by atoms with van der Waals surface area (Å²) in [7, 11) is 0. The van der Waals surface area contributed by atoms with Gasteiger partial charge in [-0.05, 0) is 73.8 Å². The Balaban J connectivity index is 1.19. The zero-order valence-electron chi connectivity index (χ0n) is 20.0. The number of carbonyl (C=O) groups is 1. The van der Waals surface area contributed by atoms with Gasteiger partial charge in [-0.1, -0.05) is 6.07 Å². The smallest absolute Gasteiger partial charge is 0.276 e. The van der Waals surface area contributed by atoms with Crippen LogP contribution in [0.1, 0.15) is 35.3 Å². The van der Waals surface area contributed by atoms with Crippen LogP contribution in [0.15, 0.2) is 55.0 Å². The summed E-state index contributed by atoms with van der Waals surface area (Å²) >= 11 is 0. The molecule has 184 valence electrons. The Kier molecular flexibility index (Phi) is 6.08. The molecule has 0 atom stereocenters. The van der Waals surface area contributed by atoms with Crippen LogP contribution in [0.4, 0.5) is 11.5 Å². The minimum Gasteiger partial charge on any atom is -0.393 e. The number of aromatic amines is 1. The van der Waals surface area contributed by atoms with Crippen molar-refractivity contribution in [2.45, 2.75) is 31.9 Å². The highest BCUT2D eigenvalue weighted by atomic mass is 16.3. The number of aliphatic hydroxyl groups is 1. The van der Waals surface area contributed by atoms with Crippen LogP contribution in [-0.2, 0) is 6.54 Å². The second-order valence-corrected chi connectivity index (χ2v) is 9.62. The first-order chi connectivity index (χ1) is 17.6. The van der Waals surface area contributed by atoms with Gasteiger partial charge in [0.25, 0.3) is 5.91 Å². The summed E-state index contributed by atoms with van der Waals surface area (Å²) in [5.74, 6) is 0.554. The quantitative estimate of drug-likeness (QED) is 0.385. The van der Waals surface area contributed by atoms with Crippen molar-refractivity contribution in [2.75, 3.05) is 36.4 Å². The molecule has 1 aromatic carbocycles. The molecule has 3 N–H and O–H groups in total. The third kappa shape index (κ3) is 4.67. The lowest BCUT2D eigenvalue weighted by molar-refractivity contribution is 0.102. The van der Waals surface area contributed by atoms with Crippen molar-refractivity contribution in [3.8, 4) is 11.1 Å². The number of aliphatic hydroxyl groups excluding tert-OH is 1. The van der Waals surface area contributed by atoms with Crippen LogP contribution in [0.5, 0.6) is 0 Å². The molecule has 2 aliphatic heterocycles. The zero-order chi connectivity index (χ0) is 24.5. The standard InChI is InChI=1S/C27H29N7O2/c35-22-6-10-34(11-7-22)25-5-3-21(16-29-25)30-27(36)26-23-13-19(2-4-24(23)31-32-26)20-12-18(14-28-15-20)17-33-8-1-9-33/h2-5,12-16,22,35H,1,6-11,17H2,(H,30,36)(H,31,32). The van der Waals surface area contributed by atoms with Gasteiger partial charge in [-0.3, -0.25) is 19.8 Å². The second kappa shape index (κ2) is 9.67. The van der Waals surface area contributed by atoms with Crippen molar-refractivity contribution in [2.24, 2.45) is 0 Å². The molecule has 5 heterocycles. The number of likely N-dealkylation sites (tertiary alicyclic amines) is 1. The molecule has 1 amide bonds. The molecule has 0 saturated carbocycles. The van der Waals surface area contributed by atoms with Crippen LogP contribution < -0.4 is 10.2 Å². The summed E-state index contributed by atoms with van der Waals surface area (Å²) < 4.78 is 0. The van der Waals surface area contributed by atoms with E-state index in [0.717, 1.165) is 73.4 Å². The molecule has 2 fully saturated rings. The average molecular weight is 484 g/mol. The average Bonchev–Trinajstić information content (AvgIpc) is 3.31. The maximum atomic E-state index is 13.1. The van der Waals surface area contributed by atoms with Gasteiger partial charge in [-0.25, -0.2) is 4.98 Å². The fraction of sp³-hybridized carbons (Fsp3) is 0.333. The largest absolute Gasteiger partial charge is 0.393 e. The van der Waals surface area contributed by atoms with Gasteiger partial charge in [-0.15, -0.1) is 0 Å². The number of aromatic nitrogens is 4. The number of anilines is 2. The molecular formula is C27H29N7O2. The van der Waals surface area contributed by atoms with Crippen molar-refractivity contribution < 1.29 is 9.90 Å². The molecule has 2 aliphatic rings. The number of nitrogens with one attached hydrogen (secondary N) is 2. The van der Waals surface area contributed by atoms with Crippen molar-refractivity contribution in [3.05, 3.63) is 66.2 Å². The Labute approximate surface area is 209 Å². The van der Waals surface area contributed by atoms with Gasteiger partial charge >= 0.3 is 0 Å². The third-order valence-electron chi connectivity index (χ3n) is 7.06. The number of hydrogen-bond acceptors (Lipinski definition) is 7. The zero-order valence-corrected chi connectivity index (χ0v) is 20.0. The third-order valence-corrected chi connectivity index (χ3v) is 7.06. The summed E-state index contributed by atoms with van der Waals surface area (Å²) in [5.41, 5.74) is 4.95. The van der Waals surface area contributed by atoms with Crippen LogP contribution in [0.25, 0.3) is 22.0 Å². The number of benzene rings is 1. The summed E-state index contributed by atoms with van der Waals surface area (Å²) in [6.07, 6.45) is 7.96. The molecule has 0 radical (unpaired) electrons. The lowest BCUT2D eigenvalue weighted by atomic mass is 10.0. The van der Waals surface area contributed by atoms with Crippen molar-refractivity contribution >= 4 is 28.3 Å². The van der Waals surface area contributed by atoms with E-state index < -0.39 is 0 Å². The number of fused-ring (bicyclic) bond motifs is 1. The van der Waals surface area contributed by atoms with Crippen molar-refractivity contribution in [1.82, 2.24) is 25.1 Å². The van der Waals surface area contributed by atoms with E-state index in [2.05, 4.69) is 41.3 Å². The number of piperidine rings is 1. The van der Waals surface area contributed by atoms with Crippen LogP contribution >= 0.6 is 0 Å². The van der Waals surface area contributed by atoms with E-state index in [1.807, 2.05) is 42.7 Å². The van der Waals surface area contributed by atoms with E-state index in [9.17, 15) is 9.90 Å². The molecule has 0 unspecified atom stereocenters. The number of H-pyrrole nitrogens is 1. The number of nitrogens with zero attached hydrogens (tertiary/aromatic N) is 5. The van der Waals surface area contributed by atoms with E-state index >= 15 is 0 Å². The lowest BCUT2D eigenvalue weighted by Crippen LogP contribution is -2.36. The molecule has 6 rings (SSSR count). The number of carbonyl (C=O) groups excluding carboxylic acids is 1. The minimum absolute atomic E-state index is 0.227. The second-order valence-electron chi connectivity index (χ2n) is 9.62. The van der Waals surface area contributed by atoms with Gasteiger partial charge in [0, 0.05) is 43.0 Å². The topological polar surface area (TPSA) is 110 Å². The molecule has 4 aromatic rings. The molecule has 9 heteroatoms. The minimum atomic E-state index is -0.293. The van der Waals surface area contributed by atoms with Crippen LogP contribution in [0, 0.1) is 0 Å². The highest BCUT2D eigenvalue weighted by Gasteiger charge is 2.19. The molecule has 3 aromatic heterocycles. The highest BCUT2D eigenvalue weighted by Crippen LogP contribution is 2.27. The fourth-order valence-corrected chi connectivity index (χ4v) is 4.83. The Morgan fingerprint density at radius 2 is 1.89 bits per heavy atom. The first-order valence-electron chi connectivity index (χ1n) is 12.5. The van der Waals surface area contributed by atoms with E-state index in [-0.39, 0.29) is 12.0 Å². The first kappa shape index (κ1) is 22.6. The summed E-state index contributed by atoms with van der Waals surface area (Å²) in [5, 5.41) is 20.6. The fourth-order valence-electron chi connectivity index (χ4n) is 4.83. The van der Waals surface area contributed by atoms with E-state index in [1.165, 1.54) is 12.0 Å². The van der Waals surface area contributed by atoms with Gasteiger partial charge in [0.1, 0.15) is 5.82 Å². The maximum absolute atomic E-state index is 13.1. The molecule has 0 aliphatic carbocycles. The Bertz CT molecular complexity index is 1370. The number of pyridine rings is 2. The SMILES string of the molecule is O=C(Nc1ccc(N2CCC(O)CC2)nc1)c1n[nH]c2ccc(-c3cncc(CN4CCC4)c3)cc12. The summed E-state index contributed by atoms with van der Waals surface area (Å²) in [4.78, 5) is 26.6. The van der Waals surface area contributed by atoms with Gasteiger partial charge in [0.05, 0.1) is 23.5 Å². The van der Waals surface area contributed by atoms with Crippen molar-refractivity contribution in [1.29, 1.82) is 0 Å².